The summed E-state index contributed by atoms with van der Waals surface area (Å²) >= 11 is 0. The third kappa shape index (κ3) is 6.79. The van der Waals surface area contributed by atoms with Crippen LogP contribution in [-0.4, -0.2) is 49.9 Å². The van der Waals surface area contributed by atoms with Crippen molar-refractivity contribution in [2.24, 2.45) is 0 Å². The van der Waals surface area contributed by atoms with E-state index in [-0.39, 0.29) is 17.9 Å². The predicted molar refractivity (Wildman–Crippen MR) is 126 cm³/mol. The molecule has 1 aliphatic heterocycles. The van der Waals surface area contributed by atoms with Crippen LogP contribution < -0.4 is 5.32 Å². The molecule has 1 heterocycles. The molecule has 0 radical (unpaired) electrons. The van der Waals surface area contributed by atoms with Crippen LogP contribution in [0.15, 0.2) is 65.6 Å². The number of amides is 1. The second kappa shape index (κ2) is 9.83. The van der Waals surface area contributed by atoms with Crippen molar-refractivity contribution >= 4 is 15.9 Å². The van der Waals surface area contributed by atoms with Gasteiger partial charge in [0.1, 0.15) is 11.7 Å². The van der Waals surface area contributed by atoms with Gasteiger partial charge >= 0.3 is 6.09 Å². The van der Waals surface area contributed by atoms with Gasteiger partial charge in [0, 0.05) is 0 Å². The summed E-state index contributed by atoms with van der Waals surface area (Å²) in [5, 5.41) is 1.79. The van der Waals surface area contributed by atoms with Crippen LogP contribution >= 0.6 is 0 Å². The van der Waals surface area contributed by atoms with Crippen molar-refractivity contribution in [3.05, 3.63) is 66.2 Å². The van der Waals surface area contributed by atoms with Crippen LogP contribution in [0.5, 0.6) is 0 Å². The van der Waals surface area contributed by atoms with E-state index in [4.69, 9.17) is 14.2 Å². The maximum Gasteiger partial charge on any atom is 0.408 e. The summed E-state index contributed by atoms with van der Waals surface area (Å²) in [4.78, 5) is 13.0. The van der Waals surface area contributed by atoms with Crippen molar-refractivity contribution in [3.63, 3.8) is 0 Å². The Morgan fingerprint density at radius 3 is 2.18 bits per heavy atom. The minimum absolute atomic E-state index is 0.142. The molecule has 0 unspecified atom stereocenters. The highest BCUT2D eigenvalue weighted by atomic mass is 32.2. The van der Waals surface area contributed by atoms with Gasteiger partial charge in [0.15, 0.2) is 15.6 Å². The molecule has 0 spiro atoms. The van der Waals surface area contributed by atoms with Crippen LogP contribution in [0.2, 0.25) is 0 Å². The Labute approximate surface area is 196 Å². The first-order valence-electron chi connectivity index (χ1n) is 11.0. The predicted octanol–water partition coefficient (Wildman–Crippen LogP) is 4.12. The molecule has 2 aromatic rings. The van der Waals surface area contributed by atoms with Gasteiger partial charge in [0.25, 0.3) is 0 Å². The molecule has 1 fully saturated rings. The fraction of sp³-hybridized carbons (Fsp3) is 0.480. The summed E-state index contributed by atoms with van der Waals surface area (Å²) in [6.45, 7) is 8.92. The van der Waals surface area contributed by atoms with Gasteiger partial charge in [-0.2, -0.15) is 0 Å². The fourth-order valence-corrected chi connectivity index (χ4v) is 5.75. The van der Waals surface area contributed by atoms with Gasteiger partial charge in [-0.3, -0.25) is 0 Å². The number of carbonyl (C=O) groups excluding carboxylic acids is 1. The van der Waals surface area contributed by atoms with E-state index in [9.17, 15) is 13.2 Å². The fourth-order valence-electron chi connectivity index (χ4n) is 3.82. The first-order valence-corrected chi connectivity index (χ1v) is 12.6. The SMILES string of the molecule is CC(C)(C)OC(=O)N[C@@H]([C@H]1COC(C)(C)O1)[C@H](Cc1ccccc1)S(=O)(=O)c1ccccc1. The lowest BCUT2D eigenvalue weighted by atomic mass is 10.0. The van der Waals surface area contributed by atoms with Crippen LogP contribution in [0.1, 0.15) is 40.2 Å². The lowest BCUT2D eigenvalue weighted by Gasteiger charge is -2.33. The monoisotopic (exact) mass is 475 g/mol. The van der Waals surface area contributed by atoms with Crippen molar-refractivity contribution in [3.8, 4) is 0 Å². The third-order valence-electron chi connectivity index (χ3n) is 5.26. The molecule has 0 aromatic heterocycles. The molecule has 180 valence electrons. The van der Waals surface area contributed by atoms with E-state index in [0.717, 1.165) is 5.56 Å². The topological polar surface area (TPSA) is 90.9 Å². The molecule has 0 aliphatic carbocycles. The van der Waals surface area contributed by atoms with Crippen molar-refractivity contribution in [1.29, 1.82) is 0 Å². The number of sulfone groups is 1. The summed E-state index contributed by atoms with van der Waals surface area (Å²) in [6.07, 6.45) is -1.21. The third-order valence-corrected chi connectivity index (χ3v) is 7.45. The molecule has 1 aliphatic rings. The van der Waals surface area contributed by atoms with Gasteiger partial charge in [-0.25, -0.2) is 13.2 Å². The quantitative estimate of drug-likeness (QED) is 0.648. The van der Waals surface area contributed by atoms with Crippen LogP contribution in [0.25, 0.3) is 0 Å². The molecule has 3 atom stereocenters. The van der Waals surface area contributed by atoms with Crippen LogP contribution in [-0.2, 0) is 30.5 Å². The van der Waals surface area contributed by atoms with Crippen molar-refractivity contribution in [1.82, 2.24) is 5.32 Å². The van der Waals surface area contributed by atoms with E-state index in [1.165, 1.54) is 0 Å². The second-order valence-electron chi connectivity index (χ2n) is 9.63. The molecule has 8 heteroatoms. The Morgan fingerprint density at radius 2 is 1.67 bits per heavy atom. The Morgan fingerprint density at radius 1 is 1.09 bits per heavy atom. The normalized spacial score (nSPS) is 20.1. The van der Waals surface area contributed by atoms with E-state index in [1.807, 2.05) is 30.3 Å². The summed E-state index contributed by atoms with van der Waals surface area (Å²) < 4.78 is 45.0. The maximum absolute atomic E-state index is 13.9. The smallest absolute Gasteiger partial charge is 0.408 e. The lowest BCUT2D eigenvalue weighted by molar-refractivity contribution is -0.141. The number of hydrogen-bond donors (Lipinski definition) is 1. The van der Waals surface area contributed by atoms with Gasteiger partial charge in [-0.1, -0.05) is 48.5 Å². The lowest BCUT2D eigenvalue weighted by Crippen LogP contribution is -2.56. The van der Waals surface area contributed by atoms with E-state index in [2.05, 4.69) is 5.32 Å². The first kappa shape index (κ1) is 25.2. The van der Waals surface area contributed by atoms with Crippen LogP contribution in [0.4, 0.5) is 4.79 Å². The zero-order valence-corrected chi connectivity index (χ0v) is 20.6. The molecular formula is C25H33NO6S. The van der Waals surface area contributed by atoms with Gasteiger partial charge in [-0.05, 0) is 58.7 Å². The largest absolute Gasteiger partial charge is 0.444 e. The minimum atomic E-state index is -3.87. The van der Waals surface area contributed by atoms with E-state index >= 15 is 0 Å². The van der Waals surface area contributed by atoms with Crippen molar-refractivity contribution in [2.75, 3.05) is 6.61 Å². The molecule has 1 saturated heterocycles. The van der Waals surface area contributed by atoms with E-state index < -0.39 is 44.7 Å². The van der Waals surface area contributed by atoms with Gasteiger partial charge < -0.3 is 19.5 Å². The standard InChI is InChI=1S/C25H33NO6S/c1-24(2,3)32-23(27)26-22(20-17-30-25(4,5)31-20)21(16-18-12-8-6-9-13-18)33(28,29)19-14-10-7-11-15-19/h6-15,20-22H,16-17H2,1-5H3,(H,26,27)/t20-,21+,22+/m1/s1. The Bertz CT molecular complexity index is 1030. The minimum Gasteiger partial charge on any atom is -0.444 e. The Balaban J connectivity index is 2.04. The van der Waals surface area contributed by atoms with Crippen molar-refractivity contribution in [2.45, 2.75) is 74.7 Å². The molecule has 0 saturated carbocycles. The highest BCUT2D eigenvalue weighted by Gasteiger charge is 2.46. The van der Waals surface area contributed by atoms with Gasteiger partial charge in [0.2, 0.25) is 0 Å². The molecule has 33 heavy (non-hydrogen) atoms. The highest BCUT2D eigenvalue weighted by Crippen LogP contribution is 2.30. The van der Waals surface area contributed by atoms with E-state index in [0.29, 0.717) is 0 Å². The van der Waals surface area contributed by atoms with Crippen molar-refractivity contribution < 1.29 is 27.4 Å². The zero-order valence-electron chi connectivity index (χ0n) is 19.8. The maximum atomic E-state index is 13.9. The number of alkyl carbamates (subject to hydrolysis) is 1. The number of carbonyl (C=O) groups is 1. The van der Waals surface area contributed by atoms with Gasteiger partial charge in [-0.15, -0.1) is 0 Å². The average molecular weight is 476 g/mol. The number of benzene rings is 2. The second-order valence-corrected chi connectivity index (χ2v) is 11.8. The van der Waals surface area contributed by atoms with Crippen LogP contribution in [0, 0.1) is 0 Å². The highest BCUT2D eigenvalue weighted by molar-refractivity contribution is 7.92. The summed E-state index contributed by atoms with van der Waals surface area (Å²) in [7, 11) is -3.87. The van der Waals surface area contributed by atoms with Gasteiger partial charge in [0.05, 0.1) is 22.8 Å². The van der Waals surface area contributed by atoms with Crippen LogP contribution in [0.3, 0.4) is 0 Å². The Hall–Kier alpha value is -2.42. The average Bonchev–Trinajstić information content (AvgIpc) is 3.10. The number of nitrogens with one attached hydrogen (secondary N) is 1. The zero-order chi connectivity index (χ0) is 24.3. The number of hydrogen-bond acceptors (Lipinski definition) is 6. The van der Waals surface area contributed by atoms with E-state index in [1.54, 1.807) is 65.0 Å². The number of ether oxygens (including phenoxy) is 3. The Kier molecular flexibility index (Phi) is 7.51. The molecule has 3 rings (SSSR count). The summed E-state index contributed by atoms with van der Waals surface area (Å²) in [5.41, 5.74) is 0.0879. The summed E-state index contributed by atoms with van der Waals surface area (Å²) in [5.74, 6) is -0.896. The summed E-state index contributed by atoms with van der Waals surface area (Å²) in [6, 6.07) is 16.7. The molecule has 2 aromatic carbocycles. The first-order chi connectivity index (χ1) is 15.4. The molecule has 1 N–H and O–H groups in total. The molecule has 7 nitrogen and oxygen atoms in total. The molecular weight excluding hydrogens is 442 g/mol. The number of rotatable bonds is 7. The molecule has 0 bridgehead atoms. The molecule has 1 amide bonds.